The van der Waals surface area contributed by atoms with Crippen molar-refractivity contribution in [1.82, 2.24) is 10.4 Å². The normalized spacial score (nSPS) is 21.9. The Hall–Kier alpha value is -1.34. The third kappa shape index (κ3) is 3.07. The van der Waals surface area contributed by atoms with Gasteiger partial charge in [0, 0.05) is 13.1 Å². The van der Waals surface area contributed by atoms with Crippen LogP contribution in [0.15, 0.2) is 5.16 Å². The molecule has 0 aromatic carbocycles. The number of hydrazine groups is 1. The van der Waals surface area contributed by atoms with Crippen LogP contribution < -0.4 is 11.2 Å². The summed E-state index contributed by atoms with van der Waals surface area (Å²) < 4.78 is 5.18. The van der Waals surface area contributed by atoms with E-state index in [-0.39, 0.29) is 11.7 Å². The van der Waals surface area contributed by atoms with E-state index in [0.29, 0.717) is 32.7 Å². The van der Waals surface area contributed by atoms with Crippen LogP contribution in [0.3, 0.4) is 0 Å². The summed E-state index contributed by atoms with van der Waals surface area (Å²) in [5.41, 5.74) is 7.34. The molecular weight excluding hydrogens is 224 g/mol. The first-order chi connectivity index (χ1) is 8.04. The zero-order valence-corrected chi connectivity index (χ0v) is 10.3. The van der Waals surface area contributed by atoms with E-state index >= 15 is 0 Å². The van der Waals surface area contributed by atoms with Crippen molar-refractivity contribution in [1.29, 1.82) is 0 Å². The number of rotatable bonds is 4. The fraction of sp³-hybridized carbons (Fsp3) is 0.800. The topological polar surface area (TPSA) is 100 Å². The highest BCUT2D eigenvalue weighted by Crippen LogP contribution is 2.21. The lowest BCUT2D eigenvalue weighted by Gasteiger charge is -2.32. The van der Waals surface area contributed by atoms with E-state index in [1.54, 1.807) is 11.9 Å². The van der Waals surface area contributed by atoms with Crippen LogP contribution >= 0.6 is 0 Å². The fourth-order valence-electron chi connectivity index (χ4n) is 1.51. The molecule has 1 atom stereocenters. The van der Waals surface area contributed by atoms with Gasteiger partial charge in [-0.2, -0.15) is 0 Å². The van der Waals surface area contributed by atoms with Crippen LogP contribution in [-0.2, 0) is 9.53 Å². The Labute approximate surface area is 101 Å². The molecular formula is C10H20N4O3. The lowest BCUT2D eigenvalue weighted by Crippen LogP contribution is -2.55. The van der Waals surface area contributed by atoms with Gasteiger partial charge in [0.05, 0.1) is 13.2 Å². The Balaban J connectivity index is 2.66. The zero-order chi connectivity index (χ0) is 12.9. The standard InChI is InChI=1S/C10H20N4O3/c1-3-10(2,8(11)13-16)9(15)12-14-4-6-17-7-5-14/h16H,3-7H2,1-2H3,(H2,11,13)(H,12,15). The van der Waals surface area contributed by atoms with Crippen molar-refractivity contribution in [2.75, 3.05) is 26.3 Å². The van der Waals surface area contributed by atoms with Gasteiger partial charge in [0.25, 0.3) is 0 Å². The summed E-state index contributed by atoms with van der Waals surface area (Å²) in [5.74, 6) is -0.344. The molecule has 0 saturated carbocycles. The summed E-state index contributed by atoms with van der Waals surface area (Å²) in [6.07, 6.45) is 0.457. The van der Waals surface area contributed by atoms with Gasteiger partial charge in [0.2, 0.25) is 5.91 Å². The predicted molar refractivity (Wildman–Crippen MR) is 62.3 cm³/mol. The van der Waals surface area contributed by atoms with Crippen LogP contribution in [0.1, 0.15) is 20.3 Å². The van der Waals surface area contributed by atoms with Crippen LogP contribution in [0.25, 0.3) is 0 Å². The summed E-state index contributed by atoms with van der Waals surface area (Å²) in [5, 5.41) is 13.4. The van der Waals surface area contributed by atoms with Crippen molar-refractivity contribution in [2.45, 2.75) is 20.3 Å². The van der Waals surface area contributed by atoms with Crippen LogP contribution in [0.2, 0.25) is 0 Å². The smallest absolute Gasteiger partial charge is 0.247 e. The number of amides is 1. The largest absolute Gasteiger partial charge is 0.409 e. The molecule has 1 rings (SSSR count). The van der Waals surface area contributed by atoms with Gasteiger partial charge < -0.3 is 15.7 Å². The molecule has 0 aromatic heterocycles. The van der Waals surface area contributed by atoms with Crippen molar-refractivity contribution in [3.8, 4) is 0 Å². The minimum atomic E-state index is -0.993. The van der Waals surface area contributed by atoms with Crippen molar-refractivity contribution in [2.24, 2.45) is 16.3 Å². The molecule has 0 radical (unpaired) electrons. The number of nitrogens with two attached hydrogens (primary N) is 1. The monoisotopic (exact) mass is 244 g/mol. The maximum absolute atomic E-state index is 12.1. The molecule has 1 unspecified atom stereocenters. The maximum atomic E-state index is 12.1. The Kier molecular flexibility index (Phi) is 4.71. The van der Waals surface area contributed by atoms with Crippen molar-refractivity contribution in [3.63, 3.8) is 0 Å². The SMILES string of the molecule is CCC(C)(C(=O)NN1CCOCC1)C(N)=NO. The number of oxime groups is 1. The Morgan fingerprint density at radius 2 is 2.18 bits per heavy atom. The molecule has 1 amide bonds. The minimum Gasteiger partial charge on any atom is -0.409 e. The Bertz CT molecular complexity index is 302. The number of ether oxygens (including phenoxy) is 1. The fourth-order valence-corrected chi connectivity index (χ4v) is 1.51. The number of hydrogen-bond donors (Lipinski definition) is 3. The summed E-state index contributed by atoms with van der Waals surface area (Å²) in [7, 11) is 0. The summed E-state index contributed by atoms with van der Waals surface area (Å²) in [4.78, 5) is 12.1. The quantitative estimate of drug-likeness (QED) is 0.268. The molecule has 17 heavy (non-hydrogen) atoms. The molecule has 1 fully saturated rings. The van der Waals surface area contributed by atoms with Crippen LogP contribution in [0, 0.1) is 5.41 Å². The van der Waals surface area contributed by atoms with Gasteiger partial charge in [-0.1, -0.05) is 12.1 Å². The van der Waals surface area contributed by atoms with Gasteiger partial charge in [-0.05, 0) is 13.3 Å². The number of morpholine rings is 1. The van der Waals surface area contributed by atoms with E-state index < -0.39 is 5.41 Å². The number of carbonyl (C=O) groups is 1. The van der Waals surface area contributed by atoms with Gasteiger partial charge in [-0.3, -0.25) is 10.2 Å². The first kappa shape index (κ1) is 13.7. The molecule has 1 heterocycles. The molecule has 1 aliphatic rings. The highest BCUT2D eigenvalue weighted by Gasteiger charge is 2.37. The van der Waals surface area contributed by atoms with Crippen molar-refractivity contribution in [3.05, 3.63) is 0 Å². The van der Waals surface area contributed by atoms with Gasteiger partial charge >= 0.3 is 0 Å². The van der Waals surface area contributed by atoms with E-state index in [0.717, 1.165) is 0 Å². The van der Waals surface area contributed by atoms with Gasteiger partial charge in [-0.25, -0.2) is 5.01 Å². The van der Waals surface area contributed by atoms with Gasteiger partial charge in [0.1, 0.15) is 5.41 Å². The van der Waals surface area contributed by atoms with Crippen LogP contribution in [0.5, 0.6) is 0 Å². The Morgan fingerprint density at radius 3 is 2.65 bits per heavy atom. The van der Waals surface area contributed by atoms with Gasteiger partial charge in [0.15, 0.2) is 5.84 Å². The molecule has 4 N–H and O–H groups in total. The molecule has 0 bridgehead atoms. The molecule has 7 nitrogen and oxygen atoms in total. The van der Waals surface area contributed by atoms with E-state index in [9.17, 15) is 4.79 Å². The number of amidine groups is 1. The number of carbonyl (C=O) groups excluding carboxylic acids is 1. The highest BCUT2D eigenvalue weighted by molar-refractivity contribution is 6.06. The molecule has 0 aliphatic carbocycles. The molecule has 1 saturated heterocycles. The maximum Gasteiger partial charge on any atom is 0.247 e. The number of nitrogens with one attached hydrogen (secondary N) is 1. The second kappa shape index (κ2) is 5.83. The first-order valence-electron chi connectivity index (χ1n) is 5.66. The second-order valence-electron chi connectivity index (χ2n) is 4.21. The van der Waals surface area contributed by atoms with E-state index in [1.165, 1.54) is 0 Å². The van der Waals surface area contributed by atoms with Crippen LogP contribution in [0.4, 0.5) is 0 Å². The molecule has 98 valence electrons. The van der Waals surface area contributed by atoms with Crippen LogP contribution in [-0.4, -0.2) is 48.3 Å². The Morgan fingerprint density at radius 1 is 1.59 bits per heavy atom. The second-order valence-corrected chi connectivity index (χ2v) is 4.21. The third-order valence-corrected chi connectivity index (χ3v) is 3.15. The van der Waals surface area contributed by atoms with E-state index in [2.05, 4.69) is 10.6 Å². The number of nitrogens with zero attached hydrogens (tertiary/aromatic N) is 2. The van der Waals surface area contributed by atoms with Gasteiger partial charge in [-0.15, -0.1) is 0 Å². The zero-order valence-electron chi connectivity index (χ0n) is 10.3. The summed E-state index contributed by atoms with van der Waals surface area (Å²) in [6, 6.07) is 0. The average molecular weight is 244 g/mol. The molecule has 0 spiro atoms. The lowest BCUT2D eigenvalue weighted by atomic mass is 9.85. The summed E-state index contributed by atoms with van der Waals surface area (Å²) >= 11 is 0. The summed E-state index contributed by atoms with van der Waals surface area (Å²) in [6.45, 7) is 5.93. The van der Waals surface area contributed by atoms with Crippen molar-refractivity contribution < 1.29 is 14.7 Å². The highest BCUT2D eigenvalue weighted by atomic mass is 16.5. The lowest BCUT2D eigenvalue weighted by molar-refractivity contribution is -0.134. The van der Waals surface area contributed by atoms with Crippen molar-refractivity contribution >= 4 is 11.7 Å². The first-order valence-corrected chi connectivity index (χ1v) is 5.66. The predicted octanol–water partition coefficient (Wildman–Crippen LogP) is -0.487. The minimum absolute atomic E-state index is 0.0780. The number of hydrogen-bond acceptors (Lipinski definition) is 5. The molecule has 0 aromatic rings. The average Bonchev–Trinajstić information content (AvgIpc) is 2.37. The van der Waals surface area contributed by atoms with E-state index in [1.807, 2.05) is 6.92 Å². The molecule has 7 heteroatoms. The van der Waals surface area contributed by atoms with E-state index in [4.69, 9.17) is 15.7 Å². The third-order valence-electron chi connectivity index (χ3n) is 3.15. The molecule has 1 aliphatic heterocycles.